The molecule has 2 aliphatic rings. The number of fused-ring (bicyclic) bond motifs is 1. The molecule has 33 heavy (non-hydrogen) atoms. The van der Waals surface area contributed by atoms with E-state index in [0.29, 0.717) is 18.5 Å². The average molecular weight is 455 g/mol. The SMILES string of the molecule is O=C(CN1CCc2ccc(N3CCNCC3)cc2C1=O)NCC(C(=O)O)c1cccc(F)c1. The molecule has 0 spiro atoms. The second kappa shape index (κ2) is 9.99. The van der Waals surface area contributed by atoms with Gasteiger partial charge in [0.1, 0.15) is 5.82 Å². The molecular formula is C24H27FN4O4. The van der Waals surface area contributed by atoms with Crippen molar-refractivity contribution >= 4 is 23.5 Å². The van der Waals surface area contributed by atoms with Crippen LogP contribution in [0.1, 0.15) is 27.4 Å². The molecule has 0 aliphatic carbocycles. The zero-order valence-corrected chi connectivity index (χ0v) is 18.2. The van der Waals surface area contributed by atoms with E-state index >= 15 is 0 Å². The van der Waals surface area contributed by atoms with Crippen LogP contribution in [0.2, 0.25) is 0 Å². The molecule has 4 rings (SSSR count). The third kappa shape index (κ3) is 5.31. The normalized spacial score (nSPS) is 16.8. The Bertz CT molecular complexity index is 1050. The van der Waals surface area contributed by atoms with Crippen LogP contribution in [0.15, 0.2) is 42.5 Å². The van der Waals surface area contributed by atoms with Crippen LogP contribution in [-0.4, -0.2) is 73.6 Å². The average Bonchev–Trinajstić information content (AvgIpc) is 2.81. The number of benzene rings is 2. The smallest absolute Gasteiger partial charge is 0.312 e. The molecule has 2 aliphatic heterocycles. The highest BCUT2D eigenvalue weighted by Crippen LogP contribution is 2.25. The fraction of sp³-hybridized carbons (Fsp3) is 0.375. The maximum atomic E-state index is 13.5. The molecule has 0 bridgehead atoms. The number of carbonyl (C=O) groups is 3. The Morgan fingerprint density at radius 2 is 1.91 bits per heavy atom. The first kappa shape index (κ1) is 22.7. The van der Waals surface area contributed by atoms with Gasteiger partial charge in [-0.25, -0.2) is 4.39 Å². The van der Waals surface area contributed by atoms with E-state index < -0.39 is 23.6 Å². The van der Waals surface area contributed by atoms with Crippen molar-refractivity contribution in [1.82, 2.24) is 15.5 Å². The van der Waals surface area contributed by atoms with E-state index in [1.165, 1.54) is 23.1 Å². The van der Waals surface area contributed by atoms with E-state index in [4.69, 9.17) is 0 Å². The van der Waals surface area contributed by atoms with E-state index in [1.807, 2.05) is 18.2 Å². The first-order valence-corrected chi connectivity index (χ1v) is 11.0. The van der Waals surface area contributed by atoms with E-state index in [0.717, 1.165) is 43.5 Å². The van der Waals surface area contributed by atoms with Crippen LogP contribution in [0.4, 0.5) is 10.1 Å². The van der Waals surface area contributed by atoms with Crippen LogP contribution in [0.3, 0.4) is 0 Å². The summed E-state index contributed by atoms with van der Waals surface area (Å²) in [6.45, 7) is 3.59. The number of carboxylic acids is 1. The number of halogens is 1. The molecule has 2 aromatic rings. The minimum atomic E-state index is -1.16. The van der Waals surface area contributed by atoms with Crippen molar-refractivity contribution in [3.05, 3.63) is 65.0 Å². The van der Waals surface area contributed by atoms with Gasteiger partial charge in [-0.05, 0) is 41.8 Å². The van der Waals surface area contributed by atoms with Crippen molar-refractivity contribution in [2.45, 2.75) is 12.3 Å². The van der Waals surface area contributed by atoms with Crippen LogP contribution in [0.25, 0.3) is 0 Å². The highest BCUT2D eigenvalue weighted by Gasteiger charge is 2.28. The summed E-state index contributed by atoms with van der Waals surface area (Å²) in [7, 11) is 0. The summed E-state index contributed by atoms with van der Waals surface area (Å²) in [5.74, 6) is -3.44. The van der Waals surface area contributed by atoms with Gasteiger partial charge in [-0.3, -0.25) is 14.4 Å². The molecule has 2 aromatic carbocycles. The molecular weight excluding hydrogens is 427 g/mol. The van der Waals surface area contributed by atoms with Gasteiger partial charge in [0, 0.05) is 50.5 Å². The lowest BCUT2D eigenvalue weighted by molar-refractivity contribution is -0.138. The quantitative estimate of drug-likeness (QED) is 0.582. The number of nitrogens with zero attached hydrogens (tertiary/aromatic N) is 2. The maximum absolute atomic E-state index is 13.5. The Balaban J connectivity index is 1.39. The van der Waals surface area contributed by atoms with Gasteiger partial charge in [-0.1, -0.05) is 18.2 Å². The second-order valence-corrected chi connectivity index (χ2v) is 8.31. The van der Waals surface area contributed by atoms with Gasteiger partial charge in [0.25, 0.3) is 5.91 Å². The zero-order valence-electron chi connectivity index (χ0n) is 18.2. The van der Waals surface area contributed by atoms with Gasteiger partial charge in [0.05, 0.1) is 12.5 Å². The van der Waals surface area contributed by atoms with E-state index in [2.05, 4.69) is 15.5 Å². The predicted octanol–water partition coefficient (Wildman–Crippen LogP) is 1.22. The number of anilines is 1. The lowest BCUT2D eigenvalue weighted by Gasteiger charge is -2.32. The largest absolute Gasteiger partial charge is 0.481 e. The molecule has 2 heterocycles. The molecule has 0 radical (unpaired) electrons. The van der Waals surface area contributed by atoms with Crippen molar-refractivity contribution in [2.24, 2.45) is 0 Å². The van der Waals surface area contributed by atoms with Gasteiger partial charge in [0.2, 0.25) is 5.91 Å². The third-order valence-corrected chi connectivity index (χ3v) is 6.13. The molecule has 1 unspecified atom stereocenters. The minimum Gasteiger partial charge on any atom is -0.481 e. The fourth-order valence-electron chi connectivity index (χ4n) is 4.30. The zero-order chi connectivity index (χ0) is 23.4. The van der Waals surface area contributed by atoms with E-state index in [1.54, 1.807) is 0 Å². The van der Waals surface area contributed by atoms with Crippen molar-refractivity contribution in [1.29, 1.82) is 0 Å². The number of aliphatic carboxylic acids is 1. The summed E-state index contributed by atoms with van der Waals surface area (Å²) >= 11 is 0. The molecule has 8 nitrogen and oxygen atoms in total. The predicted molar refractivity (Wildman–Crippen MR) is 121 cm³/mol. The summed E-state index contributed by atoms with van der Waals surface area (Å²) < 4.78 is 13.5. The third-order valence-electron chi connectivity index (χ3n) is 6.13. The van der Waals surface area contributed by atoms with Crippen molar-refractivity contribution in [3.63, 3.8) is 0 Å². The molecule has 174 valence electrons. The topological polar surface area (TPSA) is 102 Å². The standard InChI is InChI=1S/C24H27FN4O4/c25-18-3-1-2-17(12-18)21(24(32)33)14-27-22(30)15-29-9-6-16-4-5-19(13-20(16)23(29)31)28-10-7-26-8-11-28/h1-5,12-13,21,26H,6-11,14-15H2,(H,27,30)(H,32,33). The van der Waals surface area contributed by atoms with Crippen molar-refractivity contribution in [2.75, 3.05) is 50.7 Å². The van der Waals surface area contributed by atoms with Crippen LogP contribution >= 0.6 is 0 Å². The maximum Gasteiger partial charge on any atom is 0.312 e. The molecule has 1 saturated heterocycles. The number of hydrogen-bond donors (Lipinski definition) is 3. The van der Waals surface area contributed by atoms with Gasteiger partial charge in [-0.15, -0.1) is 0 Å². The summed E-state index contributed by atoms with van der Waals surface area (Å²) in [6.07, 6.45) is 0.650. The highest BCUT2D eigenvalue weighted by molar-refractivity contribution is 5.99. The Morgan fingerprint density at radius 1 is 1.12 bits per heavy atom. The fourth-order valence-corrected chi connectivity index (χ4v) is 4.30. The Hall–Kier alpha value is -3.46. The van der Waals surface area contributed by atoms with Gasteiger partial charge >= 0.3 is 5.97 Å². The molecule has 1 atom stereocenters. The molecule has 0 saturated carbocycles. The Morgan fingerprint density at radius 3 is 2.64 bits per heavy atom. The number of rotatable bonds is 7. The Kier molecular flexibility index (Phi) is 6.88. The lowest BCUT2D eigenvalue weighted by atomic mass is 9.97. The summed E-state index contributed by atoms with van der Waals surface area (Å²) in [5, 5.41) is 15.4. The van der Waals surface area contributed by atoms with Crippen LogP contribution in [-0.2, 0) is 16.0 Å². The van der Waals surface area contributed by atoms with Gasteiger partial charge in [-0.2, -0.15) is 0 Å². The molecule has 3 N–H and O–H groups in total. The molecule has 0 aromatic heterocycles. The number of nitrogens with one attached hydrogen (secondary N) is 2. The molecule has 2 amide bonds. The molecule has 1 fully saturated rings. The highest BCUT2D eigenvalue weighted by atomic mass is 19.1. The Labute approximate surface area is 191 Å². The number of carboxylic acid groups (broad SMARTS) is 1. The first-order chi connectivity index (χ1) is 15.9. The van der Waals surface area contributed by atoms with Gasteiger partial charge in [0.15, 0.2) is 0 Å². The van der Waals surface area contributed by atoms with Crippen LogP contribution in [0, 0.1) is 5.82 Å². The van der Waals surface area contributed by atoms with Crippen molar-refractivity contribution < 1.29 is 23.9 Å². The second-order valence-electron chi connectivity index (χ2n) is 8.31. The monoisotopic (exact) mass is 454 g/mol. The lowest BCUT2D eigenvalue weighted by Crippen LogP contribution is -2.46. The number of amides is 2. The van der Waals surface area contributed by atoms with E-state index in [-0.39, 0.29) is 24.6 Å². The number of piperazine rings is 1. The minimum absolute atomic E-state index is 0.161. The number of hydrogen-bond acceptors (Lipinski definition) is 5. The summed E-state index contributed by atoms with van der Waals surface area (Å²) in [6, 6.07) is 11.2. The summed E-state index contributed by atoms with van der Waals surface area (Å²) in [4.78, 5) is 40.9. The first-order valence-electron chi connectivity index (χ1n) is 11.0. The van der Waals surface area contributed by atoms with Crippen LogP contribution < -0.4 is 15.5 Å². The van der Waals surface area contributed by atoms with Crippen molar-refractivity contribution in [3.8, 4) is 0 Å². The molecule has 9 heteroatoms. The number of carbonyl (C=O) groups excluding carboxylic acids is 2. The van der Waals surface area contributed by atoms with Crippen LogP contribution in [0.5, 0.6) is 0 Å². The van der Waals surface area contributed by atoms with Gasteiger partial charge < -0.3 is 25.5 Å². The summed E-state index contributed by atoms with van der Waals surface area (Å²) in [5.41, 5.74) is 2.83. The van der Waals surface area contributed by atoms with E-state index in [9.17, 15) is 23.9 Å².